The van der Waals surface area contributed by atoms with Crippen LogP contribution in [0.25, 0.3) is 0 Å². The van der Waals surface area contributed by atoms with Crippen LogP contribution in [0.4, 0.5) is 0 Å². The van der Waals surface area contributed by atoms with Crippen LogP contribution in [0.3, 0.4) is 0 Å². The highest BCUT2D eigenvalue weighted by molar-refractivity contribution is 7.45. The summed E-state index contributed by atoms with van der Waals surface area (Å²) in [6.07, 6.45) is 43.7. The summed E-state index contributed by atoms with van der Waals surface area (Å²) in [7, 11) is 1.15. The first-order valence-corrected chi connectivity index (χ1v) is 25.0. The van der Waals surface area contributed by atoms with Gasteiger partial charge in [-0.15, -0.1) is 0 Å². The van der Waals surface area contributed by atoms with Gasteiger partial charge in [0.2, 0.25) is 0 Å². The highest BCUT2D eigenvalue weighted by Gasteiger charge is 2.21. The van der Waals surface area contributed by atoms with E-state index in [0.717, 1.165) is 44.9 Å². The number of allylic oxidation sites excluding steroid dienone is 4. The molecule has 0 rings (SSSR count). The summed E-state index contributed by atoms with van der Waals surface area (Å²) in [5, 5.41) is 0. The number of phosphoric acid groups is 1. The van der Waals surface area contributed by atoms with Crippen LogP contribution in [0.1, 0.15) is 213 Å². The van der Waals surface area contributed by atoms with Gasteiger partial charge in [0.15, 0.2) is 6.10 Å². The third-order valence-corrected chi connectivity index (χ3v) is 11.2. The Morgan fingerprint density at radius 3 is 1.40 bits per heavy atom. The summed E-state index contributed by atoms with van der Waals surface area (Å²) in [4.78, 5) is 37.4. The number of rotatable bonds is 43. The van der Waals surface area contributed by atoms with Gasteiger partial charge in [0, 0.05) is 12.8 Å². The fourth-order valence-corrected chi connectivity index (χ4v) is 7.23. The quantitative estimate of drug-likeness (QED) is 0.0196. The Kier molecular flexibility index (Phi) is 38.9. The molecule has 10 heteroatoms. The molecular weight excluding hydrogens is 737 g/mol. The van der Waals surface area contributed by atoms with Crippen molar-refractivity contribution in [3.8, 4) is 0 Å². The maximum atomic E-state index is 12.6. The molecule has 0 N–H and O–H groups in total. The molecule has 0 aliphatic heterocycles. The maximum absolute atomic E-state index is 12.6. The third-order valence-electron chi connectivity index (χ3n) is 10.2. The molecule has 0 aliphatic carbocycles. The molecule has 0 saturated carbocycles. The largest absolute Gasteiger partial charge is 0.756 e. The molecule has 0 saturated heterocycles. The van der Waals surface area contributed by atoms with Crippen molar-refractivity contribution in [1.82, 2.24) is 0 Å². The number of likely N-dealkylation sites (N-methyl/N-ethyl adjacent to an activating group) is 1. The first kappa shape index (κ1) is 55.5. The van der Waals surface area contributed by atoms with Gasteiger partial charge >= 0.3 is 11.9 Å². The van der Waals surface area contributed by atoms with Crippen LogP contribution in [0.15, 0.2) is 24.3 Å². The maximum Gasteiger partial charge on any atom is 0.306 e. The Morgan fingerprint density at radius 2 is 0.930 bits per heavy atom. The van der Waals surface area contributed by atoms with E-state index in [-0.39, 0.29) is 26.1 Å². The number of ether oxygens (including phenoxy) is 2. The second-order valence-electron chi connectivity index (χ2n) is 17.1. The molecule has 0 bridgehead atoms. The summed E-state index contributed by atoms with van der Waals surface area (Å²) in [6, 6.07) is 0. The molecule has 0 amide bonds. The molecule has 0 spiro atoms. The minimum Gasteiger partial charge on any atom is -0.756 e. The number of carbonyl (C=O) groups is 2. The van der Waals surface area contributed by atoms with Gasteiger partial charge < -0.3 is 27.9 Å². The fraction of sp³-hybridized carbons (Fsp3) is 0.872. The summed E-state index contributed by atoms with van der Waals surface area (Å²) >= 11 is 0. The number of esters is 2. The zero-order valence-electron chi connectivity index (χ0n) is 37.8. The third kappa shape index (κ3) is 43.9. The molecule has 336 valence electrons. The van der Waals surface area contributed by atoms with Crippen LogP contribution >= 0.6 is 7.82 Å². The Bertz CT molecular complexity index is 1030. The molecule has 0 heterocycles. The molecule has 0 aromatic rings. The fourth-order valence-electron chi connectivity index (χ4n) is 6.50. The average Bonchev–Trinajstić information content (AvgIpc) is 3.16. The molecule has 0 radical (unpaired) electrons. The highest BCUT2D eigenvalue weighted by Crippen LogP contribution is 2.38. The van der Waals surface area contributed by atoms with Gasteiger partial charge in [-0.05, 0) is 44.9 Å². The Labute approximate surface area is 351 Å². The van der Waals surface area contributed by atoms with E-state index in [1.807, 2.05) is 21.1 Å². The summed E-state index contributed by atoms with van der Waals surface area (Å²) in [5.41, 5.74) is 0. The second-order valence-corrected chi connectivity index (χ2v) is 18.5. The SMILES string of the molecule is CCCCCCCCCCCCCCCC/C=C/CC/C=C/CCCC(=O)OC[C@@H](COP(=O)([O-])OCC[N+](C)(C)C)OC(=O)CCCCCCCCCCCC. The van der Waals surface area contributed by atoms with Gasteiger partial charge in [-0.3, -0.25) is 14.2 Å². The summed E-state index contributed by atoms with van der Waals surface area (Å²) in [5.74, 6) is -0.879. The van der Waals surface area contributed by atoms with E-state index >= 15 is 0 Å². The minimum atomic E-state index is -4.63. The molecular formula is C47H90NO8P. The van der Waals surface area contributed by atoms with Crippen LogP contribution in [0.2, 0.25) is 0 Å². The van der Waals surface area contributed by atoms with Crippen molar-refractivity contribution in [2.75, 3.05) is 47.5 Å². The normalized spacial score (nSPS) is 13.7. The van der Waals surface area contributed by atoms with Gasteiger partial charge in [0.25, 0.3) is 7.82 Å². The molecule has 0 aromatic carbocycles. The van der Waals surface area contributed by atoms with Gasteiger partial charge in [0.1, 0.15) is 19.8 Å². The Hall–Kier alpha value is -1.51. The van der Waals surface area contributed by atoms with E-state index in [4.69, 9.17) is 18.5 Å². The summed E-state index contributed by atoms with van der Waals surface area (Å²) in [6.45, 7) is 4.19. The topological polar surface area (TPSA) is 111 Å². The van der Waals surface area contributed by atoms with Crippen LogP contribution < -0.4 is 4.89 Å². The van der Waals surface area contributed by atoms with Crippen molar-refractivity contribution in [1.29, 1.82) is 0 Å². The molecule has 0 aromatic heterocycles. The van der Waals surface area contributed by atoms with Crippen LogP contribution in [0, 0.1) is 0 Å². The van der Waals surface area contributed by atoms with E-state index in [0.29, 0.717) is 23.9 Å². The number of hydrogen-bond donors (Lipinski definition) is 0. The number of hydrogen-bond acceptors (Lipinski definition) is 8. The standard InChI is InChI=1S/C47H90NO8P/c1-6-8-10-12-14-16-18-19-20-21-22-23-24-25-26-27-28-29-30-32-33-35-37-39-46(49)53-43-45(44-55-57(51,52)54-42-41-48(3,4)5)56-47(50)40-38-36-34-31-17-15-13-11-9-7-2/h27-28,32-33,45H,6-26,29-31,34-44H2,1-5H3/b28-27+,33-32+/t45-/m0/s1. The van der Waals surface area contributed by atoms with Gasteiger partial charge in [-0.2, -0.15) is 0 Å². The van der Waals surface area contributed by atoms with E-state index < -0.39 is 32.5 Å². The lowest BCUT2D eigenvalue weighted by Crippen LogP contribution is -2.37. The minimum absolute atomic E-state index is 0.0346. The average molecular weight is 828 g/mol. The van der Waals surface area contributed by atoms with Crippen molar-refractivity contribution < 1.29 is 42.1 Å². The first-order chi connectivity index (χ1) is 27.5. The lowest BCUT2D eigenvalue weighted by molar-refractivity contribution is -0.870. The van der Waals surface area contributed by atoms with Crippen LogP contribution in [0.5, 0.6) is 0 Å². The predicted octanol–water partition coefficient (Wildman–Crippen LogP) is 12.9. The van der Waals surface area contributed by atoms with Crippen molar-refractivity contribution in [2.45, 2.75) is 219 Å². The van der Waals surface area contributed by atoms with E-state index in [1.165, 1.54) is 128 Å². The lowest BCUT2D eigenvalue weighted by atomic mass is 10.0. The van der Waals surface area contributed by atoms with E-state index in [2.05, 4.69) is 38.2 Å². The van der Waals surface area contributed by atoms with Crippen LogP contribution in [-0.4, -0.2) is 70.0 Å². The zero-order valence-corrected chi connectivity index (χ0v) is 38.7. The molecule has 0 aliphatic rings. The number of carbonyl (C=O) groups excluding carboxylic acids is 2. The second kappa shape index (κ2) is 39.9. The van der Waals surface area contributed by atoms with Gasteiger partial charge in [-0.1, -0.05) is 179 Å². The predicted molar refractivity (Wildman–Crippen MR) is 236 cm³/mol. The number of quaternary nitrogens is 1. The lowest BCUT2D eigenvalue weighted by Gasteiger charge is -2.28. The van der Waals surface area contributed by atoms with Gasteiger partial charge in [0.05, 0.1) is 27.7 Å². The number of unbranched alkanes of at least 4 members (excludes halogenated alkanes) is 25. The van der Waals surface area contributed by atoms with E-state index in [1.54, 1.807) is 0 Å². The van der Waals surface area contributed by atoms with E-state index in [9.17, 15) is 19.0 Å². The van der Waals surface area contributed by atoms with Crippen LogP contribution in [-0.2, 0) is 32.7 Å². The molecule has 2 atom stereocenters. The number of phosphoric ester groups is 1. The van der Waals surface area contributed by atoms with Crippen molar-refractivity contribution in [2.24, 2.45) is 0 Å². The highest BCUT2D eigenvalue weighted by atomic mass is 31.2. The molecule has 1 unspecified atom stereocenters. The molecule has 57 heavy (non-hydrogen) atoms. The molecule has 0 fully saturated rings. The monoisotopic (exact) mass is 828 g/mol. The Balaban J connectivity index is 4.23. The first-order valence-electron chi connectivity index (χ1n) is 23.5. The zero-order chi connectivity index (χ0) is 42.1. The number of nitrogens with zero attached hydrogens (tertiary/aromatic N) is 1. The Morgan fingerprint density at radius 1 is 0.526 bits per heavy atom. The summed E-state index contributed by atoms with van der Waals surface area (Å²) < 4.78 is 33.8. The smallest absolute Gasteiger partial charge is 0.306 e. The van der Waals surface area contributed by atoms with Crippen molar-refractivity contribution in [3.05, 3.63) is 24.3 Å². The van der Waals surface area contributed by atoms with Crippen molar-refractivity contribution in [3.63, 3.8) is 0 Å². The van der Waals surface area contributed by atoms with Crippen molar-refractivity contribution >= 4 is 19.8 Å². The molecule has 9 nitrogen and oxygen atoms in total. The van der Waals surface area contributed by atoms with Gasteiger partial charge in [-0.25, -0.2) is 0 Å².